The van der Waals surface area contributed by atoms with Gasteiger partial charge >= 0.3 is 0 Å². The molecule has 8 heteroatoms. The number of H-pyrrole nitrogens is 1. The Balaban J connectivity index is 1.63. The van der Waals surface area contributed by atoms with E-state index in [2.05, 4.69) is 9.88 Å². The van der Waals surface area contributed by atoms with Crippen molar-refractivity contribution in [2.24, 2.45) is 0 Å². The normalized spacial score (nSPS) is 15.8. The highest BCUT2D eigenvalue weighted by Gasteiger charge is 2.21. The van der Waals surface area contributed by atoms with Crippen LogP contribution in [-0.4, -0.2) is 32.3 Å². The minimum absolute atomic E-state index is 0.0255. The molecule has 130 valence electrons. The zero-order chi connectivity index (χ0) is 17.4. The maximum Gasteiger partial charge on any atom is 0.260 e. The van der Waals surface area contributed by atoms with Gasteiger partial charge in [-0.2, -0.15) is 0 Å². The molecule has 4 nitrogen and oxygen atoms in total. The first-order valence-corrected chi connectivity index (χ1v) is 11.2. The lowest BCUT2D eigenvalue weighted by molar-refractivity contribution is 0.539. The van der Waals surface area contributed by atoms with Gasteiger partial charge in [-0.25, -0.2) is 4.98 Å². The van der Waals surface area contributed by atoms with Crippen molar-refractivity contribution in [1.82, 2.24) is 14.9 Å². The summed E-state index contributed by atoms with van der Waals surface area (Å²) < 4.78 is 0.901. The van der Waals surface area contributed by atoms with Gasteiger partial charge in [0.2, 0.25) is 0 Å². The number of fused-ring (bicyclic) bond motifs is 1. The number of nitrogens with zero attached hydrogens (tertiary/aromatic N) is 2. The van der Waals surface area contributed by atoms with Crippen LogP contribution in [0.15, 0.2) is 27.7 Å². The molecule has 3 aromatic rings. The summed E-state index contributed by atoms with van der Waals surface area (Å²) in [4.78, 5) is 24.5. The fraction of sp³-hybridized carbons (Fsp3) is 0.353. The van der Waals surface area contributed by atoms with E-state index in [1.807, 2.05) is 29.8 Å². The summed E-state index contributed by atoms with van der Waals surface area (Å²) in [6.45, 7) is 4.12. The highest BCUT2D eigenvalue weighted by molar-refractivity contribution is 8.23. The van der Waals surface area contributed by atoms with E-state index in [1.165, 1.54) is 24.2 Å². The summed E-state index contributed by atoms with van der Waals surface area (Å²) in [5.41, 5.74) is 0.910. The number of likely N-dealkylation sites (tertiary alicyclic amines) is 1. The van der Waals surface area contributed by atoms with Crippen molar-refractivity contribution in [3.05, 3.63) is 39.1 Å². The first kappa shape index (κ1) is 17.2. The first-order valence-electron chi connectivity index (χ1n) is 8.14. The molecule has 0 aliphatic carbocycles. The predicted octanol–water partition coefficient (Wildman–Crippen LogP) is 4.89. The Hall–Kier alpha value is -1.22. The Bertz CT molecular complexity index is 954. The average molecular weight is 408 g/mol. The van der Waals surface area contributed by atoms with Crippen molar-refractivity contribution in [3.8, 4) is 10.4 Å². The van der Waals surface area contributed by atoms with Gasteiger partial charge in [-0.3, -0.25) is 4.79 Å². The van der Waals surface area contributed by atoms with Gasteiger partial charge < -0.3 is 9.88 Å². The zero-order valence-electron chi connectivity index (χ0n) is 13.7. The molecule has 0 radical (unpaired) electrons. The molecule has 0 bridgehead atoms. The van der Waals surface area contributed by atoms with E-state index in [9.17, 15) is 4.79 Å². The molecule has 1 fully saturated rings. The first-order chi connectivity index (χ1) is 12.1. The number of thiophene rings is 2. The van der Waals surface area contributed by atoms with E-state index in [-0.39, 0.29) is 10.8 Å². The molecule has 4 rings (SSSR count). The molecule has 25 heavy (non-hydrogen) atoms. The Labute approximate surface area is 163 Å². The molecule has 0 spiro atoms. The SMILES string of the molecule is C[C@@H](SC(=S)N1CCCC1)c1nc2scc(-c3cccs3)c2c(=O)[nH]1. The van der Waals surface area contributed by atoms with E-state index in [0.29, 0.717) is 11.2 Å². The minimum Gasteiger partial charge on any atom is -0.358 e. The lowest BCUT2D eigenvalue weighted by atomic mass is 10.2. The van der Waals surface area contributed by atoms with Gasteiger partial charge in [-0.15, -0.1) is 22.7 Å². The molecular formula is C17H17N3OS4. The third kappa shape index (κ3) is 3.40. The van der Waals surface area contributed by atoms with Crippen LogP contribution >= 0.6 is 46.7 Å². The molecular weight excluding hydrogens is 390 g/mol. The fourth-order valence-electron chi connectivity index (χ4n) is 2.95. The number of nitrogens with one attached hydrogen (secondary N) is 1. The van der Waals surface area contributed by atoms with E-state index < -0.39 is 0 Å². The van der Waals surface area contributed by atoms with Crippen LogP contribution in [0.2, 0.25) is 0 Å². The fourth-order valence-corrected chi connectivity index (χ4v) is 6.19. The molecule has 1 aliphatic heterocycles. The van der Waals surface area contributed by atoms with Gasteiger partial charge in [0.1, 0.15) is 15.0 Å². The summed E-state index contributed by atoms with van der Waals surface area (Å²) in [7, 11) is 0. The van der Waals surface area contributed by atoms with E-state index >= 15 is 0 Å². The van der Waals surface area contributed by atoms with Crippen LogP contribution in [0.1, 0.15) is 30.8 Å². The summed E-state index contributed by atoms with van der Waals surface area (Å²) >= 11 is 10.3. The number of hydrogen-bond acceptors (Lipinski definition) is 6. The smallest absolute Gasteiger partial charge is 0.260 e. The van der Waals surface area contributed by atoms with Gasteiger partial charge in [0.05, 0.1) is 10.6 Å². The zero-order valence-corrected chi connectivity index (χ0v) is 16.9. The summed E-state index contributed by atoms with van der Waals surface area (Å²) in [6, 6.07) is 4.03. The second kappa shape index (κ2) is 7.19. The van der Waals surface area contributed by atoms with Crippen molar-refractivity contribution in [1.29, 1.82) is 0 Å². The number of thioether (sulfide) groups is 1. The number of aromatic nitrogens is 2. The van der Waals surface area contributed by atoms with Crippen molar-refractivity contribution < 1.29 is 0 Å². The highest BCUT2D eigenvalue weighted by Crippen LogP contribution is 2.35. The number of hydrogen-bond donors (Lipinski definition) is 1. The van der Waals surface area contributed by atoms with Crippen LogP contribution < -0.4 is 5.56 Å². The summed E-state index contributed by atoms with van der Waals surface area (Å²) in [5.74, 6) is 0.698. The molecule has 0 saturated carbocycles. The highest BCUT2D eigenvalue weighted by atomic mass is 32.2. The van der Waals surface area contributed by atoms with Crippen LogP contribution in [0.3, 0.4) is 0 Å². The lowest BCUT2D eigenvalue weighted by Gasteiger charge is -2.20. The van der Waals surface area contributed by atoms with Gasteiger partial charge in [-0.05, 0) is 31.2 Å². The largest absolute Gasteiger partial charge is 0.358 e. The second-order valence-corrected chi connectivity index (χ2v) is 9.76. The van der Waals surface area contributed by atoms with E-state index in [1.54, 1.807) is 23.1 Å². The monoisotopic (exact) mass is 407 g/mol. The van der Waals surface area contributed by atoms with Gasteiger partial charge in [-0.1, -0.05) is 30.0 Å². The van der Waals surface area contributed by atoms with E-state index in [0.717, 1.165) is 32.7 Å². The van der Waals surface area contributed by atoms with Crippen LogP contribution in [0.5, 0.6) is 0 Å². The summed E-state index contributed by atoms with van der Waals surface area (Å²) in [5, 5.41) is 4.76. The number of thiocarbonyl (C=S) groups is 1. The Morgan fingerprint density at radius 3 is 2.92 bits per heavy atom. The topological polar surface area (TPSA) is 49.0 Å². The van der Waals surface area contributed by atoms with Crippen LogP contribution in [0, 0.1) is 0 Å². The second-order valence-electron chi connectivity index (χ2n) is 5.98. The van der Waals surface area contributed by atoms with Crippen molar-refractivity contribution in [2.45, 2.75) is 25.0 Å². The van der Waals surface area contributed by atoms with Crippen molar-refractivity contribution >= 4 is 61.2 Å². The Morgan fingerprint density at radius 1 is 1.40 bits per heavy atom. The Kier molecular flexibility index (Phi) is 4.95. The molecule has 3 aromatic heterocycles. The molecule has 1 aliphatic rings. The van der Waals surface area contributed by atoms with Gasteiger partial charge in [0.25, 0.3) is 5.56 Å². The van der Waals surface area contributed by atoms with Crippen molar-refractivity contribution in [3.63, 3.8) is 0 Å². The lowest BCUT2D eigenvalue weighted by Crippen LogP contribution is -2.24. The minimum atomic E-state index is -0.0656. The van der Waals surface area contributed by atoms with Crippen molar-refractivity contribution in [2.75, 3.05) is 13.1 Å². The Morgan fingerprint density at radius 2 is 2.20 bits per heavy atom. The average Bonchev–Trinajstić information content (AvgIpc) is 3.34. The standard InChI is InChI=1S/C17H17N3OS4/c1-10(25-17(22)20-6-2-3-7-20)14-18-15(21)13-11(9-24-16(13)19-14)12-5-4-8-23-12/h4-5,8-10H,2-3,6-7H2,1H3,(H,18,19,21)/t10-/m1/s1. The maximum absolute atomic E-state index is 12.7. The predicted molar refractivity (Wildman–Crippen MR) is 113 cm³/mol. The van der Waals surface area contributed by atoms with Crippen LogP contribution in [0.25, 0.3) is 20.7 Å². The molecule has 1 atom stereocenters. The molecule has 0 amide bonds. The maximum atomic E-state index is 12.7. The molecule has 4 heterocycles. The quantitative estimate of drug-likeness (QED) is 0.627. The molecule has 0 aromatic carbocycles. The third-order valence-electron chi connectivity index (χ3n) is 4.28. The van der Waals surface area contributed by atoms with Crippen LogP contribution in [-0.2, 0) is 0 Å². The van der Waals surface area contributed by atoms with Gasteiger partial charge in [0.15, 0.2) is 0 Å². The van der Waals surface area contributed by atoms with Crippen LogP contribution in [0.4, 0.5) is 0 Å². The van der Waals surface area contributed by atoms with Gasteiger partial charge in [0, 0.05) is 28.9 Å². The third-order valence-corrected chi connectivity index (χ3v) is 7.63. The molecule has 0 unspecified atom stereocenters. The summed E-state index contributed by atoms with van der Waals surface area (Å²) in [6.07, 6.45) is 2.41. The molecule has 1 N–H and O–H groups in total. The number of rotatable bonds is 3. The number of aromatic amines is 1. The van der Waals surface area contributed by atoms with E-state index in [4.69, 9.17) is 17.2 Å². The molecule has 1 saturated heterocycles.